The zero-order valence-electron chi connectivity index (χ0n) is 13.6. The van der Waals surface area contributed by atoms with Crippen LogP contribution in [0.5, 0.6) is 0 Å². The van der Waals surface area contributed by atoms with Crippen LogP contribution in [0, 0.1) is 12.8 Å². The van der Waals surface area contributed by atoms with E-state index in [9.17, 15) is 0 Å². The van der Waals surface area contributed by atoms with Gasteiger partial charge >= 0.3 is 0 Å². The second-order valence-electron chi connectivity index (χ2n) is 5.97. The molecule has 0 aliphatic heterocycles. The quantitative estimate of drug-likeness (QED) is 0.654. The SMILES string of the molecule is CCCCC(CC)Cn1c(C(C)Cl)nc2cc(C)cnc21. The Kier molecular flexibility index (Phi) is 5.63. The number of rotatable bonds is 7. The molecule has 2 heterocycles. The van der Waals surface area contributed by atoms with E-state index in [0.717, 1.165) is 29.1 Å². The van der Waals surface area contributed by atoms with Crippen molar-refractivity contribution in [2.75, 3.05) is 0 Å². The summed E-state index contributed by atoms with van der Waals surface area (Å²) >= 11 is 6.34. The minimum absolute atomic E-state index is 0.0943. The smallest absolute Gasteiger partial charge is 0.160 e. The number of hydrogen-bond acceptors (Lipinski definition) is 2. The molecule has 0 saturated heterocycles. The van der Waals surface area contributed by atoms with E-state index >= 15 is 0 Å². The Balaban J connectivity index is 2.37. The van der Waals surface area contributed by atoms with Crippen molar-refractivity contribution in [1.29, 1.82) is 0 Å². The third-order valence-corrected chi connectivity index (χ3v) is 4.29. The van der Waals surface area contributed by atoms with Gasteiger partial charge in [-0.2, -0.15) is 0 Å². The van der Waals surface area contributed by atoms with Crippen LogP contribution < -0.4 is 0 Å². The van der Waals surface area contributed by atoms with Crippen LogP contribution in [0.2, 0.25) is 0 Å². The minimum atomic E-state index is -0.0943. The molecule has 21 heavy (non-hydrogen) atoms. The van der Waals surface area contributed by atoms with Gasteiger partial charge in [0.05, 0.1) is 5.38 Å². The van der Waals surface area contributed by atoms with E-state index in [1.807, 2.05) is 20.0 Å². The third-order valence-electron chi connectivity index (χ3n) is 4.09. The standard InChI is InChI=1S/C17H26ClN3/c1-5-7-8-14(6-2)11-21-16(13(4)18)20-15-9-12(3)10-19-17(15)21/h9-10,13-14H,5-8,11H2,1-4H3. The first-order chi connectivity index (χ1) is 10.1. The lowest BCUT2D eigenvalue weighted by atomic mass is 9.99. The Morgan fingerprint density at radius 2 is 2.10 bits per heavy atom. The predicted molar refractivity (Wildman–Crippen MR) is 89.8 cm³/mol. The van der Waals surface area contributed by atoms with Crippen LogP contribution in [-0.4, -0.2) is 14.5 Å². The molecule has 0 N–H and O–H groups in total. The molecule has 0 bridgehead atoms. The number of unbranched alkanes of at least 4 members (excludes halogenated alkanes) is 1. The topological polar surface area (TPSA) is 30.7 Å². The highest BCUT2D eigenvalue weighted by molar-refractivity contribution is 6.20. The average Bonchev–Trinajstić information content (AvgIpc) is 2.81. The summed E-state index contributed by atoms with van der Waals surface area (Å²) < 4.78 is 2.23. The molecule has 2 rings (SSSR count). The molecule has 4 heteroatoms. The van der Waals surface area contributed by atoms with E-state index in [-0.39, 0.29) is 5.38 Å². The summed E-state index contributed by atoms with van der Waals surface area (Å²) in [6, 6.07) is 2.09. The Labute approximate surface area is 132 Å². The summed E-state index contributed by atoms with van der Waals surface area (Å²) in [4.78, 5) is 9.30. The number of imidazole rings is 1. The monoisotopic (exact) mass is 307 g/mol. The van der Waals surface area contributed by atoms with Gasteiger partial charge in [0, 0.05) is 12.7 Å². The molecule has 2 atom stereocenters. The van der Waals surface area contributed by atoms with Crippen molar-refractivity contribution in [2.45, 2.75) is 65.3 Å². The van der Waals surface area contributed by atoms with Crippen molar-refractivity contribution in [3.05, 3.63) is 23.7 Å². The molecule has 0 aliphatic carbocycles. The fourth-order valence-corrected chi connectivity index (χ4v) is 2.95. The van der Waals surface area contributed by atoms with Gasteiger partial charge in [-0.05, 0) is 37.8 Å². The molecule has 2 unspecified atom stereocenters. The molecule has 0 aliphatic rings. The van der Waals surface area contributed by atoms with Crippen molar-refractivity contribution in [2.24, 2.45) is 5.92 Å². The van der Waals surface area contributed by atoms with Gasteiger partial charge in [0.2, 0.25) is 0 Å². The maximum Gasteiger partial charge on any atom is 0.160 e. The molecule has 0 radical (unpaired) electrons. The number of nitrogens with zero attached hydrogens (tertiary/aromatic N) is 3. The number of aromatic nitrogens is 3. The lowest BCUT2D eigenvalue weighted by Gasteiger charge is -2.18. The van der Waals surface area contributed by atoms with E-state index in [4.69, 9.17) is 16.6 Å². The van der Waals surface area contributed by atoms with Crippen LogP contribution in [0.3, 0.4) is 0 Å². The Bertz CT molecular complexity index is 589. The molecule has 0 aromatic carbocycles. The zero-order valence-corrected chi connectivity index (χ0v) is 14.3. The molecule has 0 spiro atoms. The van der Waals surface area contributed by atoms with Gasteiger partial charge in [-0.15, -0.1) is 11.6 Å². The average molecular weight is 308 g/mol. The zero-order chi connectivity index (χ0) is 15.4. The second kappa shape index (κ2) is 7.26. The summed E-state index contributed by atoms with van der Waals surface area (Å²) in [7, 11) is 0. The summed E-state index contributed by atoms with van der Waals surface area (Å²) in [5.41, 5.74) is 3.07. The normalized spacial score (nSPS) is 14.5. The van der Waals surface area contributed by atoms with Gasteiger partial charge in [0.25, 0.3) is 0 Å². The summed E-state index contributed by atoms with van der Waals surface area (Å²) in [6.45, 7) is 9.51. The van der Waals surface area contributed by atoms with Crippen LogP contribution >= 0.6 is 11.6 Å². The van der Waals surface area contributed by atoms with E-state index in [0.29, 0.717) is 5.92 Å². The molecule has 3 nitrogen and oxygen atoms in total. The Hall–Kier alpha value is -1.09. The number of aryl methyl sites for hydroxylation is 1. The number of alkyl halides is 1. The third kappa shape index (κ3) is 3.76. The van der Waals surface area contributed by atoms with Gasteiger partial charge in [-0.25, -0.2) is 9.97 Å². The second-order valence-corrected chi connectivity index (χ2v) is 6.62. The van der Waals surface area contributed by atoms with E-state index in [1.165, 1.54) is 25.7 Å². The Morgan fingerprint density at radius 3 is 2.71 bits per heavy atom. The molecule has 0 amide bonds. The maximum absolute atomic E-state index is 6.34. The van der Waals surface area contributed by atoms with Crippen molar-refractivity contribution in [3.63, 3.8) is 0 Å². The number of halogens is 1. The van der Waals surface area contributed by atoms with Crippen LogP contribution in [0.1, 0.15) is 63.2 Å². The van der Waals surface area contributed by atoms with Crippen LogP contribution in [-0.2, 0) is 6.54 Å². The maximum atomic E-state index is 6.34. The Morgan fingerprint density at radius 1 is 1.33 bits per heavy atom. The van der Waals surface area contributed by atoms with E-state index in [1.54, 1.807) is 0 Å². The van der Waals surface area contributed by atoms with Gasteiger partial charge in [-0.1, -0.05) is 33.1 Å². The van der Waals surface area contributed by atoms with Crippen molar-refractivity contribution in [1.82, 2.24) is 14.5 Å². The van der Waals surface area contributed by atoms with Gasteiger partial charge in [-0.3, -0.25) is 0 Å². The first-order valence-electron chi connectivity index (χ1n) is 8.03. The fraction of sp³-hybridized carbons (Fsp3) is 0.647. The number of fused-ring (bicyclic) bond motifs is 1. The van der Waals surface area contributed by atoms with Gasteiger partial charge in [0.15, 0.2) is 5.65 Å². The number of hydrogen-bond donors (Lipinski definition) is 0. The minimum Gasteiger partial charge on any atom is -0.311 e. The fourth-order valence-electron chi connectivity index (χ4n) is 2.79. The molecule has 2 aromatic heterocycles. The summed E-state index contributed by atoms with van der Waals surface area (Å²) in [5.74, 6) is 1.61. The highest BCUT2D eigenvalue weighted by Crippen LogP contribution is 2.26. The first kappa shape index (κ1) is 16.3. The van der Waals surface area contributed by atoms with E-state index < -0.39 is 0 Å². The van der Waals surface area contributed by atoms with Crippen molar-refractivity contribution < 1.29 is 0 Å². The molecule has 2 aromatic rings. The molecule has 0 saturated carbocycles. The molecule has 0 fully saturated rings. The summed E-state index contributed by atoms with van der Waals surface area (Å²) in [5, 5.41) is -0.0943. The highest BCUT2D eigenvalue weighted by atomic mass is 35.5. The lowest BCUT2D eigenvalue weighted by Crippen LogP contribution is -2.13. The highest BCUT2D eigenvalue weighted by Gasteiger charge is 2.18. The van der Waals surface area contributed by atoms with Gasteiger partial charge in [0.1, 0.15) is 11.3 Å². The number of pyridine rings is 1. The van der Waals surface area contributed by atoms with Crippen LogP contribution in [0.25, 0.3) is 11.2 Å². The van der Waals surface area contributed by atoms with Crippen LogP contribution in [0.4, 0.5) is 0 Å². The van der Waals surface area contributed by atoms with E-state index in [2.05, 4.69) is 29.5 Å². The predicted octanol–water partition coefficient (Wildman–Crippen LogP) is 5.26. The largest absolute Gasteiger partial charge is 0.311 e. The first-order valence-corrected chi connectivity index (χ1v) is 8.47. The van der Waals surface area contributed by atoms with Gasteiger partial charge < -0.3 is 4.57 Å². The molecule has 116 valence electrons. The summed E-state index contributed by atoms with van der Waals surface area (Å²) in [6.07, 6.45) is 6.88. The molecular weight excluding hydrogens is 282 g/mol. The van der Waals surface area contributed by atoms with Crippen molar-refractivity contribution >= 4 is 22.8 Å². The molecular formula is C17H26ClN3. The van der Waals surface area contributed by atoms with Crippen molar-refractivity contribution in [3.8, 4) is 0 Å². The van der Waals surface area contributed by atoms with Crippen LogP contribution in [0.15, 0.2) is 12.3 Å². The lowest BCUT2D eigenvalue weighted by molar-refractivity contribution is 0.388.